The molecule has 120 valence electrons. The highest BCUT2D eigenvalue weighted by atomic mass is 16.6. The van der Waals surface area contributed by atoms with Crippen molar-refractivity contribution < 1.29 is 9.72 Å². The molecule has 1 amide bonds. The summed E-state index contributed by atoms with van der Waals surface area (Å²) in [6.45, 7) is 7.91. The number of rotatable bonds is 4. The lowest BCUT2D eigenvalue weighted by Gasteiger charge is -2.22. The van der Waals surface area contributed by atoms with E-state index in [2.05, 4.69) is 23.2 Å². The average Bonchev–Trinajstić information content (AvgIpc) is 2.53. The van der Waals surface area contributed by atoms with Gasteiger partial charge < -0.3 is 0 Å². The Kier molecular flexibility index (Phi) is 5.05. The van der Waals surface area contributed by atoms with Crippen molar-refractivity contribution in [2.75, 3.05) is 0 Å². The van der Waals surface area contributed by atoms with E-state index in [0.29, 0.717) is 5.92 Å². The normalized spacial score (nSPS) is 19.1. The summed E-state index contributed by atoms with van der Waals surface area (Å²) in [5, 5.41) is 14.9. The predicted molar refractivity (Wildman–Crippen MR) is 89.3 cm³/mol. The molecular weight excluding hydrogens is 294 g/mol. The van der Waals surface area contributed by atoms with Gasteiger partial charge in [0.25, 0.3) is 11.6 Å². The number of non-ortho nitro benzene ring substituents is 1. The molecule has 0 fully saturated rings. The van der Waals surface area contributed by atoms with E-state index in [1.54, 1.807) is 0 Å². The molecule has 1 atom stereocenters. The molecule has 6 heteroatoms. The quantitative estimate of drug-likeness (QED) is 0.523. The van der Waals surface area contributed by atoms with Crippen LogP contribution in [0.3, 0.4) is 0 Å². The molecule has 0 aromatic heterocycles. The van der Waals surface area contributed by atoms with E-state index in [4.69, 9.17) is 0 Å². The second-order valence-electron chi connectivity index (χ2n) is 5.68. The first-order valence-corrected chi connectivity index (χ1v) is 7.32. The van der Waals surface area contributed by atoms with Crippen molar-refractivity contribution >= 4 is 17.3 Å². The van der Waals surface area contributed by atoms with Crippen LogP contribution in [0.2, 0.25) is 0 Å². The van der Waals surface area contributed by atoms with Gasteiger partial charge in [0, 0.05) is 17.7 Å². The highest BCUT2D eigenvalue weighted by molar-refractivity contribution is 6.02. The summed E-state index contributed by atoms with van der Waals surface area (Å²) in [6.07, 6.45) is 3.74. The van der Waals surface area contributed by atoms with E-state index < -0.39 is 10.8 Å². The number of hydrazone groups is 1. The summed E-state index contributed by atoms with van der Waals surface area (Å²) >= 11 is 0. The minimum absolute atomic E-state index is 0.124. The SMILES string of the molecule is C=C(C)[C@@H]1CC=C(C)/C(=N/NC(=O)c2cccc([N+](=O)[O-])c2)C1. The summed E-state index contributed by atoms with van der Waals surface area (Å²) < 4.78 is 0. The number of nitro groups is 1. The van der Waals surface area contributed by atoms with Crippen molar-refractivity contribution in [1.82, 2.24) is 5.43 Å². The number of nitro benzene ring substituents is 1. The lowest BCUT2D eigenvalue weighted by atomic mass is 9.85. The van der Waals surface area contributed by atoms with Gasteiger partial charge in [-0.15, -0.1) is 0 Å². The molecule has 1 N–H and O–H groups in total. The van der Waals surface area contributed by atoms with E-state index in [1.165, 1.54) is 24.3 Å². The molecule has 0 saturated carbocycles. The molecule has 0 bridgehead atoms. The van der Waals surface area contributed by atoms with Crippen LogP contribution in [0.5, 0.6) is 0 Å². The summed E-state index contributed by atoms with van der Waals surface area (Å²) in [5.74, 6) is -0.140. The maximum atomic E-state index is 12.1. The van der Waals surface area contributed by atoms with Crippen LogP contribution in [0.15, 0.2) is 53.2 Å². The fourth-order valence-corrected chi connectivity index (χ4v) is 2.37. The minimum Gasteiger partial charge on any atom is -0.267 e. The van der Waals surface area contributed by atoms with Gasteiger partial charge in [0.2, 0.25) is 0 Å². The molecule has 2 rings (SSSR count). The number of hydrogen-bond acceptors (Lipinski definition) is 4. The minimum atomic E-state index is -0.534. The van der Waals surface area contributed by atoms with Crippen LogP contribution in [0.4, 0.5) is 5.69 Å². The van der Waals surface area contributed by atoms with E-state index >= 15 is 0 Å². The zero-order valence-electron chi connectivity index (χ0n) is 13.2. The van der Waals surface area contributed by atoms with Crippen LogP contribution in [-0.2, 0) is 0 Å². The van der Waals surface area contributed by atoms with Gasteiger partial charge in [-0.2, -0.15) is 5.10 Å². The molecule has 6 nitrogen and oxygen atoms in total. The Hall–Kier alpha value is -2.76. The molecule has 0 unspecified atom stereocenters. The average molecular weight is 313 g/mol. The molecule has 1 aromatic carbocycles. The fourth-order valence-electron chi connectivity index (χ4n) is 2.37. The van der Waals surface area contributed by atoms with E-state index in [1.807, 2.05) is 13.8 Å². The lowest BCUT2D eigenvalue weighted by molar-refractivity contribution is -0.384. The first-order chi connectivity index (χ1) is 10.9. The number of hydrogen-bond donors (Lipinski definition) is 1. The largest absolute Gasteiger partial charge is 0.271 e. The first kappa shape index (κ1) is 16.6. The van der Waals surface area contributed by atoms with Crippen molar-refractivity contribution in [2.45, 2.75) is 26.7 Å². The van der Waals surface area contributed by atoms with Crippen molar-refractivity contribution in [3.63, 3.8) is 0 Å². The zero-order valence-corrected chi connectivity index (χ0v) is 13.2. The molecule has 1 aliphatic rings. The Balaban J connectivity index is 2.12. The molecule has 23 heavy (non-hydrogen) atoms. The van der Waals surface area contributed by atoms with Crippen molar-refractivity contribution in [1.29, 1.82) is 0 Å². The molecule has 1 aliphatic carbocycles. The maximum absolute atomic E-state index is 12.1. The maximum Gasteiger partial charge on any atom is 0.271 e. The topological polar surface area (TPSA) is 84.6 Å². The molecule has 0 saturated heterocycles. The number of nitrogens with one attached hydrogen (secondary N) is 1. The molecule has 0 aliphatic heterocycles. The number of allylic oxidation sites excluding steroid dienone is 3. The monoisotopic (exact) mass is 313 g/mol. The lowest BCUT2D eigenvalue weighted by Crippen LogP contribution is -2.23. The van der Waals surface area contributed by atoms with Gasteiger partial charge in [-0.05, 0) is 44.2 Å². The molecule has 0 heterocycles. The second-order valence-corrected chi connectivity index (χ2v) is 5.68. The van der Waals surface area contributed by atoms with Crippen LogP contribution < -0.4 is 5.43 Å². The third kappa shape index (κ3) is 4.12. The van der Waals surface area contributed by atoms with Crippen LogP contribution in [-0.4, -0.2) is 16.5 Å². The first-order valence-electron chi connectivity index (χ1n) is 7.32. The zero-order chi connectivity index (χ0) is 17.0. The third-order valence-corrected chi connectivity index (χ3v) is 3.91. The van der Waals surface area contributed by atoms with Gasteiger partial charge in [-0.1, -0.05) is 24.3 Å². The summed E-state index contributed by atoms with van der Waals surface area (Å²) in [6, 6.07) is 5.57. The van der Waals surface area contributed by atoms with Gasteiger partial charge in [-0.25, -0.2) is 5.43 Å². The Morgan fingerprint density at radius 2 is 2.22 bits per heavy atom. The van der Waals surface area contributed by atoms with Gasteiger partial charge >= 0.3 is 0 Å². The number of carbonyl (C=O) groups is 1. The Morgan fingerprint density at radius 1 is 1.48 bits per heavy atom. The van der Waals surface area contributed by atoms with Crippen LogP contribution >= 0.6 is 0 Å². The van der Waals surface area contributed by atoms with Crippen molar-refractivity contribution in [2.24, 2.45) is 11.0 Å². The second kappa shape index (κ2) is 7.00. The third-order valence-electron chi connectivity index (χ3n) is 3.91. The molecule has 0 radical (unpaired) electrons. The number of nitrogens with zero attached hydrogens (tertiary/aromatic N) is 2. The van der Waals surface area contributed by atoms with Crippen LogP contribution in [0.1, 0.15) is 37.0 Å². The van der Waals surface area contributed by atoms with Gasteiger partial charge in [0.15, 0.2) is 0 Å². The Labute approximate surface area is 134 Å². The van der Waals surface area contributed by atoms with Gasteiger partial charge in [0.05, 0.1) is 10.6 Å². The van der Waals surface area contributed by atoms with Crippen LogP contribution in [0.25, 0.3) is 0 Å². The number of amides is 1. The molecular formula is C17H19N3O3. The van der Waals surface area contributed by atoms with E-state index in [-0.39, 0.29) is 11.3 Å². The van der Waals surface area contributed by atoms with Crippen LogP contribution in [0, 0.1) is 16.0 Å². The van der Waals surface area contributed by atoms with Crippen molar-refractivity contribution in [3.05, 3.63) is 63.7 Å². The van der Waals surface area contributed by atoms with Gasteiger partial charge in [0.1, 0.15) is 0 Å². The number of carbonyl (C=O) groups excluding carboxylic acids is 1. The summed E-state index contributed by atoms with van der Waals surface area (Å²) in [5.41, 5.74) is 5.49. The standard InChI is InChI=1S/C17H19N3O3/c1-11(2)13-8-7-12(3)16(10-13)18-19-17(21)14-5-4-6-15(9-14)20(22)23/h4-7,9,13H,1,8,10H2,2-3H3,(H,19,21)/b18-16+/t13-/m1/s1. The molecule has 1 aromatic rings. The fraction of sp³-hybridized carbons (Fsp3) is 0.294. The number of benzene rings is 1. The molecule has 0 spiro atoms. The Bertz CT molecular complexity index is 720. The summed E-state index contributed by atoms with van der Waals surface area (Å²) in [7, 11) is 0. The highest BCUT2D eigenvalue weighted by Crippen LogP contribution is 2.26. The van der Waals surface area contributed by atoms with Crippen molar-refractivity contribution in [3.8, 4) is 0 Å². The summed E-state index contributed by atoms with van der Waals surface area (Å²) in [4.78, 5) is 22.3. The van der Waals surface area contributed by atoms with Gasteiger partial charge in [-0.3, -0.25) is 14.9 Å². The van der Waals surface area contributed by atoms with E-state index in [0.717, 1.165) is 29.7 Å². The Morgan fingerprint density at radius 3 is 2.87 bits per heavy atom. The van der Waals surface area contributed by atoms with E-state index in [9.17, 15) is 14.9 Å². The smallest absolute Gasteiger partial charge is 0.267 e. The predicted octanol–water partition coefficient (Wildman–Crippen LogP) is 3.61. The highest BCUT2D eigenvalue weighted by Gasteiger charge is 2.19.